The number of fused-ring (bicyclic) bond motifs is 1. The number of nitrogens with one attached hydrogen (secondary N) is 1. The molecule has 1 fully saturated rings. The lowest BCUT2D eigenvalue weighted by Gasteiger charge is -2.21. The number of aromatic amines is 1. The third-order valence-corrected chi connectivity index (χ3v) is 3.96. The number of furan rings is 1. The molecular formula is C17H16N2O2. The van der Waals surface area contributed by atoms with E-state index in [2.05, 4.69) is 4.98 Å². The summed E-state index contributed by atoms with van der Waals surface area (Å²) >= 11 is 0. The molecule has 4 heteroatoms. The van der Waals surface area contributed by atoms with E-state index in [1.165, 1.54) is 0 Å². The van der Waals surface area contributed by atoms with Gasteiger partial charge in [0, 0.05) is 28.7 Å². The molecule has 4 rings (SSSR count). The summed E-state index contributed by atoms with van der Waals surface area (Å²) in [7, 11) is 0. The van der Waals surface area contributed by atoms with Gasteiger partial charge in [0.15, 0.2) is 0 Å². The molecule has 21 heavy (non-hydrogen) atoms. The number of carbonyl (C=O) groups is 1. The second-order valence-corrected chi connectivity index (χ2v) is 5.52. The maximum atomic E-state index is 12.8. The smallest absolute Gasteiger partial charge is 0.254 e. The zero-order valence-corrected chi connectivity index (χ0v) is 11.6. The van der Waals surface area contributed by atoms with E-state index in [0.717, 1.165) is 35.1 Å². The van der Waals surface area contributed by atoms with Crippen molar-refractivity contribution >= 4 is 16.8 Å². The van der Waals surface area contributed by atoms with Gasteiger partial charge in [0.25, 0.3) is 5.91 Å². The predicted octanol–water partition coefficient (Wildman–Crippen LogP) is 3.57. The van der Waals surface area contributed by atoms with E-state index in [-0.39, 0.29) is 5.91 Å². The average Bonchev–Trinajstić information content (AvgIpc) is 3.02. The third kappa shape index (κ3) is 2.33. The number of carbonyl (C=O) groups excluding carboxylic acids is 1. The molecule has 0 unspecified atom stereocenters. The van der Waals surface area contributed by atoms with Gasteiger partial charge in [0.1, 0.15) is 5.76 Å². The minimum absolute atomic E-state index is 0.0806. The Kier molecular flexibility index (Phi) is 2.81. The minimum atomic E-state index is 0.0806. The Labute approximate surface area is 122 Å². The van der Waals surface area contributed by atoms with Crippen molar-refractivity contribution in [3.8, 4) is 0 Å². The van der Waals surface area contributed by atoms with E-state index in [4.69, 9.17) is 4.42 Å². The summed E-state index contributed by atoms with van der Waals surface area (Å²) in [4.78, 5) is 17.9. The Balaban J connectivity index is 1.63. The first kappa shape index (κ1) is 12.3. The molecule has 106 valence electrons. The normalized spacial score (nSPS) is 14.5. The quantitative estimate of drug-likeness (QED) is 0.794. The number of H-pyrrole nitrogens is 1. The molecule has 0 spiro atoms. The van der Waals surface area contributed by atoms with Gasteiger partial charge in [0.2, 0.25) is 0 Å². The number of aromatic nitrogens is 1. The topological polar surface area (TPSA) is 49.2 Å². The Morgan fingerprint density at radius 1 is 1.29 bits per heavy atom. The molecule has 0 aliphatic heterocycles. The lowest BCUT2D eigenvalue weighted by molar-refractivity contribution is 0.0717. The number of rotatable bonds is 4. The van der Waals surface area contributed by atoms with Crippen molar-refractivity contribution in [2.24, 2.45) is 0 Å². The molecule has 0 atom stereocenters. The summed E-state index contributed by atoms with van der Waals surface area (Å²) in [6.07, 6.45) is 5.70. The second-order valence-electron chi connectivity index (χ2n) is 5.52. The van der Waals surface area contributed by atoms with Crippen molar-refractivity contribution in [2.45, 2.75) is 25.4 Å². The molecule has 0 bridgehead atoms. The number of benzene rings is 1. The lowest BCUT2D eigenvalue weighted by Crippen LogP contribution is -2.32. The molecule has 1 saturated carbocycles. The van der Waals surface area contributed by atoms with Crippen molar-refractivity contribution in [3.05, 3.63) is 60.2 Å². The molecule has 0 saturated heterocycles. The van der Waals surface area contributed by atoms with Crippen molar-refractivity contribution < 1.29 is 9.21 Å². The van der Waals surface area contributed by atoms with E-state index >= 15 is 0 Å². The summed E-state index contributed by atoms with van der Waals surface area (Å²) in [5.41, 5.74) is 1.79. The second kappa shape index (κ2) is 4.81. The van der Waals surface area contributed by atoms with Gasteiger partial charge in [-0.2, -0.15) is 0 Å². The number of amides is 1. The van der Waals surface area contributed by atoms with Crippen LogP contribution in [0.4, 0.5) is 0 Å². The molecule has 2 aromatic heterocycles. The fraction of sp³-hybridized carbons (Fsp3) is 0.235. The molecule has 1 amide bonds. The highest BCUT2D eigenvalue weighted by Gasteiger charge is 2.33. The van der Waals surface area contributed by atoms with Gasteiger partial charge in [-0.1, -0.05) is 0 Å². The minimum Gasteiger partial charge on any atom is -0.467 e. The van der Waals surface area contributed by atoms with Gasteiger partial charge in [-0.15, -0.1) is 0 Å². The summed E-state index contributed by atoms with van der Waals surface area (Å²) < 4.78 is 5.39. The first-order chi connectivity index (χ1) is 10.3. The largest absolute Gasteiger partial charge is 0.467 e. The fourth-order valence-corrected chi connectivity index (χ4v) is 2.68. The Morgan fingerprint density at radius 3 is 2.95 bits per heavy atom. The average molecular weight is 280 g/mol. The van der Waals surface area contributed by atoms with Crippen LogP contribution in [0.5, 0.6) is 0 Å². The molecule has 1 aromatic carbocycles. The molecule has 3 aromatic rings. The van der Waals surface area contributed by atoms with Gasteiger partial charge < -0.3 is 14.3 Å². The molecular weight excluding hydrogens is 264 g/mol. The molecule has 2 heterocycles. The van der Waals surface area contributed by atoms with Crippen molar-refractivity contribution in [2.75, 3.05) is 0 Å². The summed E-state index contributed by atoms with van der Waals surface area (Å²) in [5, 5.41) is 1.06. The number of hydrogen-bond acceptors (Lipinski definition) is 2. The Morgan fingerprint density at radius 2 is 2.19 bits per heavy atom. The zero-order valence-electron chi connectivity index (χ0n) is 11.6. The highest BCUT2D eigenvalue weighted by atomic mass is 16.3. The van der Waals surface area contributed by atoms with Crippen LogP contribution in [0, 0.1) is 0 Å². The van der Waals surface area contributed by atoms with Crippen molar-refractivity contribution in [3.63, 3.8) is 0 Å². The van der Waals surface area contributed by atoms with E-state index in [1.54, 1.807) is 6.26 Å². The van der Waals surface area contributed by atoms with Crippen LogP contribution in [0.3, 0.4) is 0 Å². The summed E-state index contributed by atoms with van der Waals surface area (Å²) in [6, 6.07) is 11.9. The highest BCUT2D eigenvalue weighted by molar-refractivity contribution is 5.98. The molecule has 1 aliphatic carbocycles. The van der Waals surface area contributed by atoms with Crippen LogP contribution in [0.1, 0.15) is 29.0 Å². The maximum absolute atomic E-state index is 12.8. The van der Waals surface area contributed by atoms with E-state index in [0.29, 0.717) is 12.6 Å². The van der Waals surface area contributed by atoms with Gasteiger partial charge in [-0.25, -0.2) is 0 Å². The van der Waals surface area contributed by atoms with E-state index in [9.17, 15) is 4.79 Å². The fourth-order valence-electron chi connectivity index (χ4n) is 2.68. The van der Waals surface area contributed by atoms with Crippen LogP contribution in [0.15, 0.2) is 53.3 Å². The van der Waals surface area contributed by atoms with E-state index in [1.807, 2.05) is 47.5 Å². The number of hydrogen-bond donors (Lipinski definition) is 1. The lowest BCUT2D eigenvalue weighted by atomic mass is 10.1. The van der Waals surface area contributed by atoms with Gasteiger partial charge in [0.05, 0.1) is 12.8 Å². The van der Waals surface area contributed by atoms with Crippen LogP contribution in [-0.4, -0.2) is 21.8 Å². The van der Waals surface area contributed by atoms with Crippen LogP contribution >= 0.6 is 0 Å². The SMILES string of the molecule is O=C(c1ccc2[nH]ccc2c1)N(Cc1ccco1)C1CC1. The standard InChI is InChI=1S/C17H16N2O2/c20-17(13-3-6-16-12(10-13)7-8-18-16)19(14-4-5-14)11-15-2-1-9-21-15/h1-3,6-10,14,18H,4-5,11H2. The zero-order chi connectivity index (χ0) is 14.2. The van der Waals surface area contributed by atoms with Crippen LogP contribution in [0.2, 0.25) is 0 Å². The van der Waals surface area contributed by atoms with Crippen LogP contribution in [-0.2, 0) is 6.54 Å². The first-order valence-corrected chi connectivity index (χ1v) is 7.22. The highest BCUT2D eigenvalue weighted by Crippen LogP contribution is 2.30. The molecule has 1 N–H and O–H groups in total. The van der Waals surface area contributed by atoms with Gasteiger partial charge in [-0.3, -0.25) is 4.79 Å². The summed E-state index contributed by atoms with van der Waals surface area (Å²) in [5.74, 6) is 0.912. The molecule has 0 radical (unpaired) electrons. The molecule has 1 aliphatic rings. The Bertz CT molecular complexity index is 769. The van der Waals surface area contributed by atoms with Crippen LogP contribution in [0.25, 0.3) is 10.9 Å². The van der Waals surface area contributed by atoms with Gasteiger partial charge in [-0.05, 0) is 49.2 Å². The summed E-state index contributed by atoms with van der Waals surface area (Å²) in [6.45, 7) is 0.543. The van der Waals surface area contributed by atoms with Crippen molar-refractivity contribution in [1.29, 1.82) is 0 Å². The number of nitrogens with zero attached hydrogens (tertiary/aromatic N) is 1. The first-order valence-electron chi connectivity index (χ1n) is 7.22. The van der Waals surface area contributed by atoms with Gasteiger partial charge >= 0.3 is 0 Å². The third-order valence-electron chi connectivity index (χ3n) is 3.96. The van der Waals surface area contributed by atoms with E-state index < -0.39 is 0 Å². The predicted molar refractivity (Wildman–Crippen MR) is 79.9 cm³/mol. The monoisotopic (exact) mass is 280 g/mol. The van der Waals surface area contributed by atoms with Crippen LogP contribution < -0.4 is 0 Å². The Hall–Kier alpha value is -2.49. The molecule has 4 nitrogen and oxygen atoms in total. The maximum Gasteiger partial charge on any atom is 0.254 e. The van der Waals surface area contributed by atoms with Crippen molar-refractivity contribution in [1.82, 2.24) is 9.88 Å².